The maximum Gasteiger partial charge on any atom is 0.309 e. The van der Waals surface area contributed by atoms with Gasteiger partial charge in [0, 0.05) is 18.1 Å². The topological polar surface area (TPSA) is 58.6 Å². The molecule has 1 N–H and O–H groups in total. The lowest BCUT2D eigenvalue weighted by Crippen LogP contribution is -2.43. The number of carbonyl (C=O) groups excluding carboxylic acids is 2. The molecule has 5 nitrogen and oxygen atoms in total. The van der Waals surface area contributed by atoms with E-state index in [2.05, 4.69) is 5.32 Å². The molecule has 0 aromatic heterocycles. The molecular weight excluding hydrogens is 323 g/mol. The Labute approximate surface area is 139 Å². The van der Waals surface area contributed by atoms with Crippen molar-refractivity contribution >= 4 is 29.2 Å². The number of rotatable bonds is 5. The van der Waals surface area contributed by atoms with E-state index in [0.29, 0.717) is 37.6 Å². The number of amides is 1. The van der Waals surface area contributed by atoms with Crippen LogP contribution in [-0.4, -0.2) is 43.0 Å². The summed E-state index contributed by atoms with van der Waals surface area (Å²) < 4.78 is 18.6. The molecular formula is C16H20ClFN2O3. The van der Waals surface area contributed by atoms with Gasteiger partial charge in [0.25, 0.3) is 0 Å². The lowest BCUT2D eigenvalue weighted by molar-refractivity contribution is -0.151. The second kappa shape index (κ2) is 8.15. The predicted octanol–water partition coefficient (Wildman–Crippen LogP) is 2.69. The fourth-order valence-corrected chi connectivity index (χ4v) is 2.70. The highest BCUT2D eigenvalue weighted by atomic mass is 35.5. The summed E-state index contributed by atoms with van der Waals surface area (Å²) >= 11 is 5.68. The van der Waals surface area contributed by atoms with Gasteiger partial charge in [0.15, 0.2) is 0 Å². The van der Waals surface area contributed by atoms with Crippen molar-refractivity contribution in [2.75, 3.05) is 31.6 Å². The second-order valence-corrected chi connectivity index (χ2v) is 5.82. The highest BCUT2D eigenvalue weighted by Crippen LogP contribution is 2.20. The van der Waals surface area contributed by atoms with E-state index in [1.807, 2.05) is 0 Å². The number of hydrogen-bond donors (Lipinski definition) is 1. The van der Waals surface area contributed by atoms with Crippen molar-refractivity contribution in [3.63, 3.8) is 0 Å². The maximum absolute atomic E-state index is 13.6. The first-order valence-corrected chi connectivity index (χ1v) is 8.02. The first-order chi connectivity index (χ1) is 11.0. The number of ether oxygens (including phenoxy) is 1. The number of likely N-dealkylation sites (tertiary alicyclic amines) is 1. The Morgan fingerprint density at radius 3 is 2.70 bits per heavy atom. The first kappa shape index (κ1) is 17.5. The van der Waals surface area contributed by atoms with Gasteiger partial charge in [-0.1, -0.05) is 11.6 Å². The Kier molecular flexibility index (Phi) is 6.21. The summed E-state index contributed by atoms with van der Waals surface area (Å²) in [5.74, 6) is -0.949. The largest absolute Gasteiger partial charge is 0.466 e. The molecule has 1 aromatic rings. The van der Waals surface area contributed by atoms with E-state index in [-0.39, 0.29) is 30.0 Å². The van der Waals surface area contributed by atoms with Gasteiger partial charge in [-0.15, -0.1) is 0 Å². The zero-order valence-electron chi connectivity index (χ0n) is 13.0. The monoisotopic (exact) mass is 342 g/mol. The van der Waals surface area contributed by atoms with Crippen molar-refractivity contribution in [1.82, 2.24) is 4.90 Å². The van der Waals surface area contributed by atoms with E-state index >= 15 is 0 Å². The van der Waals surface area contributed by atoms with Gasteiger partial charge in [-0.2, -0.15) is 0 Å². The summed E-state index contributed by atoms with van der Waals surface area (Å²) in [5, 5.41) is 3.08. The summed E-state index contributed by atoms with van der Waals surface area (Å²) in [6, 6.07) is 4.25. The van der Waals surface area contributed by atoms with Crippen LogP contribution in [0.5, 0.6) is 0 Å². The molecule has 1 aliphatic rings. The highest BCUT2D eigenvalue weighted by Gasteiger charge is 2.28. The Hall–Kier alpha value is -1.82. The lowest BCUT2D eigenvalue weighted by atomic mass is 9.97. The van der Waals surface area contributed by atoms with Crippen molar-refractivity contribution in [2.24, 2.45) is 5.92 Å². The van der Waals surface area contributed by atoms with Crippen LogP contribution in [0.25, 0.3) is 0 Å². The van der Waals surface area contributed by atoms with E-state index in [9.17, 15) is 14.0 Å². The van der Waals surface area contributed by atoms with Crippen LogP contribution < -0.4 is 5.32 Å². The summed E-state index contributed by atoms with van der Waals surface area (Å²) in [5.41, 5.74) is 0.240. The van der Waals surface area contributed by atoms with Crippen molar-refractivity contribution in [1.29, 1.82) is 0 Å². The number of nitrogens with zero attached hydrogens (tertiary/aromatic N) is 1. The average Bonchev–Trinajstić information content (AvgIpc) is 2.54. The molecule has 126 valence electrons. The molecule has 0 unspecified atom stereocenters. The fourth-order valence-electron chi connectivity index (χ4n) is 2.54. The molecule has 0 bridgehead atoms. The van der Waals surface area contributed by atoms with Crippen molar-refractivity contribution in [3.8, 4) is 0 Å². The van der Waals surface area contributed by atoms with Crippen molar-refractivity contribution < 1.29 is 18.7 Å². The SMILES string of the molecule is CCOC(=O)C1CCN(C(=O)CNc2ccc(Cl)cc2F)CC1. The highest BCUT2D eigenvalue weighted by molar-refractivity contribution is 6.30. The van der Waals surface area contributed by atoms with Crippen LogP contribution in [0, 0.1) is 11.7 Å². The van der Waals surface area contributed by atoms with Gasteiger partial charge in [-0.3, -0.25) is 9.59 Å². The maximum atomic E-state index is 13.6. The van der Waals surface area contributed by atoms with Crippen LogP contribution >= 0.6 is 11.6 Å². The van der Waals surface area contributed by atoms with Gasteiger partial charge in [-0.25, -0.2) is 4.39 Å². The summed E-state index contributed by atoms with van der Waals surface area (Å²) in [6.07, 6.45) is 1.19. The van der Waals surface area contributed by atoms with Crippen LogP contribution in [0.15, 0.2) is 18.2 Å². The second-order valence-electron chi connectivity index (χ2n) is 5.38. The minimum absolute atomic E-state index is 0.00260. The third-order valence-corrected chi connectivity index (χ3v) is 4.06. The number of nitrogens with one attached hydrogen (secondary N) is 1. The minimum atomic E-state index is -0.494. The molecule has 1 amide bonds. The van der Waals surface area contributed by atoms with Gasteiger partial charge in [-0.05, 0) is 38.0 Å². The standard InChI is InChI=1S/C16H20ClFN2O3/c1-2-23-16(22)11-5-7-20(8-6-11)15(21)10-19-14-4-3-12(17)9-13(14)18/h3-4,9,11,19H,2,5-8,10H2,1H3. The van der Waals surface area contributed by atoms with Crippen LogP contribution in [0.1, 0.15) is 19.8 Å². The van der Waals surface area contributed by atoms with Crippen molar-refractivity contribution in [2.45, 2.75) is 19.8 Å². The minimum Gasteiger partial charge on any atom is -0.466 e. The molecule has 2 rings (SSSR count). The molecule has 0 aliphatic carbocycles. The molecule has 0 spiro atoms. The van der Waals surface area contributed by atoms with E-state index in [1.54, 1.807) is 17.9 Å². The molecule has 0 saturated carbocycles. The van der Waals surface area contributed by atoms with E-state index in [4.69, 9.17) is 16.3 Å². The number of carbonyl (C=O) groups is 2. The normalized spacial score (nSPS) is 15.3. The van der Waals surface area contributed by atoms with Gasteiger partial charge in [0.05, 0.1) is 24.8 Å². The zero-order valence-corrected chi connectivity index (χ0v) is 13.7. The van der Waals surface area contributed by atoms with Gasteiger partial charge >= 0.3 is 5.97 Å². The van der Waals surface area contributed by atoms with Crippen LogP contribution in [0.4, 0.5) is 10.1 Å². The van der Waals surface area contributed by atoms with Crippen LogP contribution in [0.3, 0.4) is 0 Å². The summed E-state index contributed by atoms with van der Waals surface area (Å²) in [7, 11) is 0. The molecule has 23 heavy (non-hydrogen) atoms. The Balaban J connectivity index is 1.80. The smallest absolute Gasteiger partial charge is 0.309 e. The lowest BCUT2D eigenvalue weighted by Gasteiger charge is -2.31. The molecule has 1 heterocycles. The van der Waals surface area contributed by atoms with Crippen LogP contribution in [0.2, 0.25) is 5.02 Å². The number of esters is 1. The molecule has 1 aromatic carbocycles. The average molecular weight is 343 g/mol. The zero-order chi connectivity index (χ0) is 16.8. The molecule has 0 radical (unpaired) electrons. The Morgan fingerprint density at radius 2 is 2.09 bits per heavy atom. The first-order valence-electron chi connectivity index (χ1n) is 7.64. The quantitative estimate of drug-likeness (QED) is 0.836. The molecule has 7 heteroatoms. The molecule has 0 atom stereocenters. The number of benzene rings is 1. The van der Waals surface area contributed by atoms with Gasteiger partial charge in [0.2, 0.25) is 5.91 Å². The van der Waals surface area contributed by atoms with E-state index in [0.717, 1.165) is 0 Å². The molecule has 1 fully saturated rings. The molecule has 1 saturated heterocycles. The van der Waals surface area contributed by atoms with Crippen LogP contribution in [-0.2, 0) is 14.3 Å². The number of piperidine rings is 1. The predicted molar refractivity (Wildman–Crippen MR) is 85.8 cm³/mol. The number of anilines is 1. The third kappa shape index (κ3) is 4.82. The fraction of sp³-hybridized carbons (Fsp3) is 0.500. The van der Waals surface area contributed by atoms with Crippen molar-refractivity contribution in [3.05, 3.63) is 29.0 Å². The Morgan fingerprint density at radius 1 is 1.39 bits per heavy atom. The van der Waals surface area contributed by atoms with E-state index in [1.165, 1.54) is 12.1 Å². The van der Waals surface area contributed by atoms with Gasteiger partial charge < -0.3 is 15.0 Å². The molecule has 1 aliphatic heterocycles. The van der Waals surface area contributed by atoms with E-state index < -0.39 is 5.82 Å². The third-order valence-electron chi connectivity index (χ3n) is 3.83. The summed E-state index contributed by atoms with van der Waals surface area (Å²) in [6.45, 7) is 3.16. The Bertz CT molecular complexity index is 574. The van der Waals surface area contributed by atoms with Gasteiger partial charge in [0.1, 0.15) is 5.82 Å². The summed E-state index contributed by atoms with van der Waals surface area (Å²) in [4.78, 5) is 25.5. The number of halogens is 2. The number of hydrogen-bond acceptors (Lipinski definition) is 4.